The van der Waals surface area contributed by atoms with Crippen LogP contribution in [0.3, 0.4) is 0 Å². The van der Waals surface area contributed by atoms with E-state index in [4.69, 9.17) is 4.74 Å². The van der Waals surface area contributed by atoms with E-state index in [0.717, 1.165) is 37.0 Å². The van der Waals surface area contributed by atoms with E-state index in [1.807, 2.05) is 20.8 Å². The Morgan fingerprint density at radius 1 is 1.22 bits per heavy atom. The fraction of sp³-hybridized carbons (Fsp3) is 0.647. The van der Waals surface area contributed by atoms with Crippen molar-refractivity contribution in [3.05, 3.63) is 23.8 Å². The Balaban J connectivity index is 1.73. The molecule has 2 aliphatic rings. The van der Waals surface area contributed by atoms with E-state index in [-0.39, 0.29) is 12.1 Å². The Labute approximate surface area is 138 Å². The lowest BCUT2D eigenvalue weighted by Crippen LogP contribution is -2.47. The molecule has 6 heteroatoms. The maximum absolute atomic E-state index is 12.6. The quantitative estimate of drug-likeness (QED) is 0.865. The number of piperidine rings is 1. The molecule has 0 radical (unpaired) electrons. The fourth-order valence-electron chi connectivity index (χ4n) is 3.62. The first-order chi connectivity index (χ1) is 10.8. The molecule has 5 nitrogen and oxygen atoms in total. The fourth-order valence-corrected chi connectivity index (χ4v) is 4.96. The van der Waals surface area contributed by atoms with Gasteiger partial charge in [-0.25, -0.2) is 13.1 Å². The lowest BCUT2D eigenvalue weighted by atomic mass is 10.0. The number of hydrogen-bond donors (Lipinski definition) is 2. The molecule has 1 aromatic rings. The van der Waals surface area contributed by atoms with Gasteiger partial charge >= 0.3 is 0 Å². The number of nitrogens with one attached hydrogen (secondary N) is 2. The summed E-state index contributed by atoms with van der Waals surface area (Å²) in [5, 5.41) is 3.53. The second-order valence-corrected chi connectivity index (χ2v) is 8.74. The van der Waals surface area contributed by atoms with Gasteiger partial charge in [0.05, 0.1) is 11.0 Å². The minimum absolute atomic E-state index is 0.0330. The number of aryl methyl sites for hydroxylation is 1. The molecule has 2 bridgehead atoms. The van der Waals surface area contributed by atoms with Crippen LogP contribution in [0.2, 0.25) is 0 Å². The van der Waals surface area contributed by atoms with Gasteiger partial charge < -0.3 is 10.1 Å². The average molecular weight is 338 g/mol. The van der Waals surface area contributed by atoms with Crippen molar-refractivity contribution in [2.75, 3.05) is 0 Å². The number of ether oxygens (including phenoxy) is 1. The predicted octanol–water partition coefficient (Wildman–Crippen LogP) is 2.34. The molecule has 2 N–H and O–H groups in total. The number of hydrogen-bond acceptors (Lipinski definition) is 4. The van der Waals surface area contributed by atoms with Crippen molar-refractivity contribution in [3.63, 3.8) is 0 Å². The van der Waals surface area contributed by atoms with Crippen molar-refractivity contribution in [2.45, 2.75) is 75.6 Å². The molecule has 2 unspecified atom stereocenters. The largest absolute Gasteiger partial charge is 0.491 e. The number of rotatable bonds is 5. The van der Waals surface area contributed by atoms with Crippen LogP contribution in [0.1, 0.15) is 45.1 Å². The molecule has 0 amide bonds. The normalized spacial score (nSPS) is 27.4. The summed E-state index contributed by atoms with van der Waals surface area (Å²) in [5.41, 5.74) is 0.840. The molecule has 128 valence electrons. The van der Waals surface area contributed by atoms with E-state index in [1.54, 1.807) is 18.2 Å². The Kier molecular flexibility index (Phi) is 4.67. The van der Waals surface area contributed by atoms with Crippen LogP contribution in [-0.2, 0) is 10.0 Å². The minimum atomic E-state index is -3.48. The highest BCUT2D eigenvalue weighted by molar-refractivity contribution is 7.89. The van der Waals surface area contributed by atoms with E-state index >= 15 is 0 Å². The Morgan fingerprint density at radius 3 is 2.43 bits per heavy atom. The summed E-state index contributed by atoms with van der Waals surface area (Å²) in [5.74, 6) is 0.735. The number of fused-ring (bicyclic) bond motifs is 2. The summed E-state index contributed by atoms with van der Waals surface area (Å²) in [6, 6.07) is 6.02. The zero-order valence-corrected chi connectivity index (χ0v) is 14.8. The van der Waals surface area contributed by atoms with Crippen molar-refractivity contribution in [2.24, 2.45) is 0 Å². The summed E-state index contributed by atoms with van der Waals surface area (Å²) in [4.78, 5) is 0.317. The molecule has 2 heterocycles. The lowest BCUT2D eigenvalue weighted by Gasteiger charge is -2.29. The van der Waals surface area contributed by atoms with E-state index < -0.39 is 10.0 Å². The first-order valence-electron chi connectivity index (χ1n) is 8.39. The second-order valence-electron chi connectivity index (χ2n) is 7.02. The van der Waals surface area contributed by atoms with Crippen molar-refractivity contribution >= 4 is 10.0 Å². The van der Waals surface area contributed by atoms with Crippen molar-refractivity contribution < 1.29 is 13.2 Å². The second kappa shape index (κ2) is 6.42. The number of sulfonamides is 1. The van der Waals surface area contributed by atoms with Gasteiger partial charge in [0.2, 0.25) is 10.0 Å². The summed E-state index contributed by atoms with van der Waals surface area (Å²) >= 11 is 0. The van der Waals surface area contributed by atoms with Crippen LogP contribution in [0.25, 0.3) is 0 Å². The Bertz CT molecular complexity index is 660. The molecule has 0 saturated carbocycles. The van der Waals surface area contributed by atoms with Gasteiger partial charge in [0.1, 0.15) is 5.75 Å². The third-order valence-corrected chi connectivity index (χ3v) is 6.13. The molecule has 0 aromatic heterocycles. The molecule has 2 saturated heterocycles. The zero-order valence-electron chi connectivity index (χ0n) is 14.0. The van der Waals surface area contributed by atoms with Gasteiger partial charge in [0.15, 0.2) is 0 Å². The molecular weight excluding hydrogens is 312 g/mol. The van der Waals surface area contributed by atoms with E-state index in [2.05, 4.69) is 10.0 Å². The van der Waals surface area contributed by atoms with Gasteiger partial charge in [-0.2, -0.15) is 0 Å². The molecule has 2 atom stereocenters. The van der Waals surface area contributed by atoms with Crippen molar-refractivity contribution in [1.82, 2.24) is 10.0 Å². The predicted molar refractivity (Wildman–Crippen MR) is 90.2 cm³/mol. The summed E-state index contributed by atoms with van der Waals surface area (Å²) in [6.45, 7) is 5.79. The third-order valence-electron chi connectivity index (χ3n) is 4.61. The van der Waals surface area contributed by atoms with Gasteiger partial charge in [-0.15, -0.1) is 0 Å². The van der Waals surface area contributed by atoms with Gasteiger partial charge in [0, 0.05) is 18.1 Å². The molecule has 0 spiro atoms. The van der Waals surface area contributed by atoms with Crippen molar-refractivity contribution in [3.8, 4) is 5.75 Å². The Hall–Kier alpha value is -1.11. The maximum Gasteiger partial charge on any atom is 0.240 e. The SMILES string of the molecule is Cc1cc(S(=O)(=O)NC2CC3CCC(C2)N3)ccc1OC(C)C. The smallest absolute Gasteiger partial charge is 0.240 e. The Morgan fingerprint density at radius 2 is 1.87 bits per heavy atom. The van der Waals surface area contributed by atoms with Crippen LogP contribution >= 0.6 is 0 Å². The van der Waals surface area contributed by atoms with Crippen LogP contribution in [0, 0.1) is 6.92 Å². The van der Waals surface area contributed by atoms with Crippen LogP contribution in [0.4, 0.5) is 0 Å². The van der Waals surface area contributed by atoms with Crippen molar-refractivity contribution in [1.29, 1.82) is 0 Å². The highest BCUT2D eigenvalue weighted by Crippen LogP contribution is 2.28. The average Bonchev–Trinajstić information content (AvgIpc) is 2.79. The minimum Gasteiger partial charge on any atom is -0.491 e. The standard InChI is InChI=1S/C17H26N2O3S/c1-11(2)22-17-7-6-16(8-12(17)3)23(20,21)19-15-9-13-4-5-14(10-15)18-13/h6-8,11,13-15,18-19H,4-5,9-10H2,1-3H3. The topological polar surface area (TPSA) is 67.4 Å². The van der Waals surface area contributed by atoms with Crippen LogP contribution in [-0.4, -0.2) is 32.6 Å². The maximum atomic E-state index is 12.6. The highest BCUT2D eigenvalue weighted by Gasteiger charge is 2.35. The van der Waals surface area contributed by atoms with E-state index in [9.17, 15) is 8.42 Å². The lowest BCUT2D eigenvalue weighted by molar-refractivity contribution is 0.240. The van der Waals surface area contributed by atoms with E-state index in [0.29, 0.717) is 17.0 Å². The molecule has 2 fully saturated rings. The summed E-state index contributed by atoms with van der Waals surface area (Å²) in [6.07, 6.45) is 4.14. The molecule has 1 aromatic carbocycles. The summed E-state index contributed by atoms with van der Waals surface area (Å²) < 4.78 is 33.9. The van der Waals surface area contributed by atoms with Crippen LogP contribution in [0.5, 0.6) is 5.75 Å². The van der Waals surface area contributed by atoms with Crippen LogP contribution < -0.4 is 14.8 Å². The van der Waals surface area contributed by atoms with E-state index in [1.165, 1.54) is 0 Å². The molecular formula is C17H26N2O3S. The molecule has 23 heavy (non-hydrogen) atoms. The van der Waals surface area contributed by atoms with Gasteiger partial charge in [-0.1, -0.05) is 0 Å². The molecule has 3 rings (SSSR count). The van der Waals surface area contributed by atoms with Gasteiger partial charge in [-0.05, 0) is 70.2 Å². The third kappa shape index (κ3) is 3.87. The molecule has 0 aliphatic carbocycles. The zero-order chi connectivity index (χ0) is 16.6. The van der Waals surface area contributed by atoms with Crippen LogP contribution in [0.15, 0.2) is 23.1 Å². The van der Waals surface area contributed by atoms with Gasteiger partial charge in [-0.3, -0.25) is 0 Å². The highest BCUT2D eigenvalue weighted by atomic mass is 32.2. The first kappa shape index (κ1) is 16.7. The first-order valence-corrected chi connectivity index (χ1v) is 9.87. The van der Waals surface area contributed by atoms with Gasteiger partial charge in [0.25, 0.3) is 0 Å². The number of benzene rings is 1. The monoisotopic (exact) mass is 338 g/mol. The summed E-state index contributed by atoms with van der Waals surface area (Å²) in [7, 11) is -3.48. The molecule has 2 aliphatic heterocycles.